The maximum absolute atomic E-state index is 11.9. The molecule has 1 unspecified atom stereocenters. The van der Waals surface area contributed by atoms with Gasteiger partial charge in [0.25, 0.3) is 0 Å². The van der Waals surface area contributed by atoms with E-state index in [2.05, 4.69) is 10.5 Å². The molecule has 0 aliphatic heterocycles. The van der Waals surface area contributed by atoms with Crippen molar-refractivity contribution in [2.75, 3.05) is 0 Å². The first-order valence-electron chi connectivity index (χ1n) is 6.07. The zero-order chi connectivity index (χ0) is 14.8. The Bertz CT molecular complexity index is 466. The summed E-state index contributed by atoms with van der Waals surface area (Å²) in [7, 11) is 0. The maximum atomic E-state index is 11.9. The molecule has 6 nitrogen and oxygen atoms in total. The van der Waals surface area contributed by atoms with Crippen LogP contribution in [0.4, 0.5) is 0 Å². The molecule has 2 N–H and O–H groups in total. The summed E-state index contributed by atoms with van der Waals surface area (Å²) in [4.78, 5) is 23.1. The SMILES string of the molecule is Cc1noc(C)c1CC(=O)NC(C(=O)O)C(C)(C)C. The van der Waals surface area contributed by atoms with Gasteiger partial charge in [-0.3, -0.25) is 4.79 Å². The molecular weight excluding hydrogens is 248 g/mol. The Hall–Kier alpha value is -1.85. The van der Waals surface area contributed by atoms with Crippen LogP contribution in [0.5, 0.6) is 0 Å². The van der Waals surface area contributed by atoms with E-state index in [0.717, 1.165) is 0 Å². The van der Waals surface area contributed by atoms with Gasteiger partial charge >= 0.3 is 5.97 Å². The summed E-state index contributed by atoms with van der Waals surface area (Å²) >= 11 is 0. The van der Waals surface area contributed by atoms with Crippen LogP contribution in [0.2, 0.25) is 0 Å². The number of rotatable bonds is 4. The second-order valence-corrected chi connectivity index (χ2v) is 5.68. The predicted molar refractivity (Wildman–Crippen MR) is 68.7 cm³/mol. The second-order valence-electron chi connectivity index (χ2n) is 5.68. The average Bonchev–Trinajstić information content (AvgIpc) is 2.55. The topological polar surface area (TPSA) is 92.4 Å². The van der Waals surface area contributed by atoms with Gasteiger partial charge in [0.05, 0.1) is 12.1 Å². The number of aliphatic carboxylic acids is 1. The fraction of sp³-hybridized carbons (Fsp3) is 0.615. The van der Waals surface area contributed by atoms with Crippen molar-refractivity contribution in [1.82, 2.24) is 10.5 Å². The first kappa shape index (κ1) is 15.2. The molecule has 106 valence electrons. The van der Waals surface area contributed by atoms with Gasteiger partial charge in [0.1, 0.15) is 11.8 Å². The quantitative estimate of drug-likeness (QED) is 0.862. The molecule has 0 saturated heterocycles. The van der Waals surface area contributed by atoms with Crippen LogP contribution in [0.1, 0.15) is 37.8 Å². The van der Waals surface area contributed by atoms with Gasteiger partial charge in [-0.15, -0.1) is 0 Å². The molecule has 0 spiro atoms. The van der Waals surface area contributed by atoms with Gasteiger partial charge in [0.15, 0.2) is 0 Å². The lowest BCUT2D eigenvalue weighted by molar-refractivity contribution is -0.144. The Balaban J connectivity index is 2.77. The largest absolute Gasteiger partial charge is 0.480 e. The number of amides is 1. The summed E-state index contributed by atoms with van der Waals surface area (Å²) in [6.07, 6.45) is 0.0705. The number of hydrogen-bond acceptors (Lipinski definition) is 4. The summed E-state index contributed by atoms with van der Waals surface area (Å²) in [5.41, 5.74) is 0.797. The van der Waals surface area contributed by atoms with Crippen molar-refractivity contribution in [2.24, 2.45) is 5.41 Å². The number of carboxylic acid groups (broad SMARTS) is 1. The van der Waals surface area contributed by atoms with E-state index in [4.69, 9.17) is 9.63 Å². The molecule has 0 bridgehead atoms. The lowest BCUT2D eigenvalue weighted by Crippen LogP contribution is -2.49. The molecule has 1 rings (SSSR count). The van der Waals surface area contributed by atoms with Gasteiger partial charge in [-0.05, 0) is 19.3 Å². The van der Waals surface area contributed by atoms with Gasteiger partial charge in [-0.2, -0.15) is 0 Å². The smallest absolute Gasteiger partial charge is 0.326 e. The van der Waals surface area contributed by atoms with E-state index in [-0.39, 0.29) is 12.3 Å². The number of hydrogen-bond donors (Lipinski definition) is 2. The molecule has 1 aromatic rings. The van der Waals surface area contributed by atoms with E-state index in [9.17, 15) is 9.59 Å². The number of carbonyl (C=O) groups excluding carboxylic acids is 1. The van der Waals surface area contributed by atoms with E-state index < -0.39 is 17.4 Å². The maximum Gasteiger partial charge on any atom is 0.326 e. The van der Waals surface area contributed by atoms with Gasteiger partial charge < -0.3 is 14.9 Å². The van der Waals surface area contributed by atoms with Crippen LogP contribution in [0.3, 0.4) is 0 Å². The van der Waals surface area contributed by atoms with Crippen LogP contribution in [0.15, 0.2) is 4.52 Å². The van der Waals surface area contributed by atoms with Crippen LogP contribution >= 0.6 is 0 Å². The van der Waals surface area contributed by atoms with Crippen LogP contribution in [-0.2, 0) is 16.0 Å². The van der Waals surface area contributed by atoms with Gasteiger partial charge in [0.2, 0.25) is 5.91 Å². The monoisotopic (exact) mass is 268 g/mol. The Morgan fingerprint density at radius 1 is 1.37 bits per heavy atom. The summed E-state index contributed by atoms with van der Waals surface area (Å²) in [6.45, 7) is 8.77. The van der Waals surface area contributed by atoms with Gasteiger partial charge in [-0.25, -0.2) is 4.79 Å². The number of nitrogens with one attached hydrogen (secondary N) is 1. The van der Waals surface area contributed by atoms with Crippen molar-refractivity contribution >= 4 is 11.9 Å². The van der Waals surface area contributed by atoms with Crippen molar-refractivity contribution in [3.8, 4) is 0 Å². The molecule has 0 aliphatic carbocycles. The van der Waals surface area contributed by atoms with Crippen molar-refractivity contribution in [2.45, 2.75) is 47.1 Å². The zero-order valence-corrected chi connectivity index (χ0v) is 11.9. The highest BCUT2D eigenvalue weighted by Gasteiger charge is 2.32. The van der Waals surface area contributed by atoms with E-state index in [1.807, 2.05) is 0 Å². The number of aromatic nitrogens is 1. The van der Waals surface area contributed by atoms with Crippen LogP contribution in [0, 0.1) is 19.3 Å². The van der Waals surface area contributed by atoms with Crippen LogP contribution in [-0.4, -0.2) is 28.2 Å². The molecule has 1 amide bonds. The minimum absolute atomic E-state index is 0.0705. The van der Waals surface area contributed by atoms with Gasteiger partial charge in [-0.1, -0.05) is 25.9 Å². The van der Waals surface area contributed by atoms with Gasteiger partial charge in [0, 0.05) is 5.56 Å². The highest BCUT2D eigenvalue weighted by Crippen LogP contribution is 2.20. The third kappa shape index (κ3) is 3.81. The van der Waals surface area contributed by atoms with E-state index in [0.29, 0.717) is 17.0 Å². The minimum atomic E-state index is -1.04. The molecule has 0 aliphatic rings. The first-order valence-corrected chi connectivity index (χ1v) is 6.07. The van der Waals surface area contributed by atoms with Crippen molar-refractivity contribution < 1.29 is 19.2 Å². The first-order chi connectivity index (χ1) is 8.62. The third-order valence-electron chi connectivity index (χ3n) is 2.94. The average molecular weight is 268 g/mol. The number of nitrogens with zero attached hydrogens (tertiary/aromatic N) is 1. The molecule has 0 fully saturated rings. The van der Waals surface area contributed by atoms with E-state index >= 15 is 0 Å². The molecule has 6 heteroatoms. The van der Waals surface area contributed by atoms with Crippen molar-refractivity contribution in [3.63, 3.8) is 0 Å². The lowest BCUT2D eigenvalue weighted by atomic mass is 9.86. The summed E-state index contributed by atoms with van der Waals surface area (Å²) in [6, 6.07) is -0.930. The minimum Gasteiger partial charge on any atom is -0.480 e. The molecule has 1 heterocycles. The number of carboxylic acids is 1. The van der Waals surface area contributed by atoms with Crippen LogP contribution in [0.25, 0.3) is 0 Å². The van der Waals surface area contributed by atoms with Crippen LogP contribution < -0.4 is 5.32 Å². The summed E-state index contributed by atoms with van der Waals surface area (Å²) in [5.74, 6) is -0.813. The molecule has 0 aromatic carbocycles. The predicted octanol–water partition coefficient (Wildman–Crippen LogP) is 1.45. The van der Waals surface area contributed by atoms with Crippen molar-refractivity contribution in [1.29, 1.82) is 0 Å². The van der Waals surface area contributed by atoms with Crippen molar-refractivity contribution in [3.05, 3.63) is 17.0 Å². The highest BCUT2D eigenvalue weighted by atomic mass is 16.5. The standard InChI is InChI=1S/C13H20N2O4/c1-7-9(8(2)19-15-7)6-10(16)14-11(12(17)18)13(3,4)5/h11H,6H2,1-5H3,(H,14,16)(H,17,18). The summed E-state index contributed by atoms with van der Waals surface area (Å²) in [5, 5.41) is 15.4. The molecular formula is C13H20N2O4. The fourth-order valence-electron chi connectivity index (χ4n) is 1.78. The molecule has 1 aromatic heterocycles. The molecule has 19 heavy (non-hydrogen) atoms. The molecule has 1 atom stereocenters. The Kier molecular flexibility index (Phi) is 4.34. The number of aryl methyl sites for hydroxylation is 2. The second kappa shape index (κ2) is 5.42. The Morgan fingerprint density at radius 2 is 1.95 bits per heavy atom. The highest BCUT2D eigenvalue weighted by molar-refractivity contribution is 5.85. The molecule has 0 saturated carbocycles. The Morgan fingerprint density at radius 3 is 2.32 bits per heavy atom. The zero-order valence-electron chi connectivity index (χ0n) is 11.9. The fourth-order valence-corrected chi connectivity index (χ4v) is 1.78. The molecule has 0 radical (unpaired) electrons. The van der Waals surface area contributed by atoms with E-state index in [1.165, 1.54) is 0 Å². The Labute approximate surface area is 112 Å². The lowest BCUT2D eigenvalue weighted by Gasteiger charge is -2.27. The summed E-state index contributed by atoms with van der Waals surface area (Å²) < 4.78 is 4.97. The number of carbonyl (C=O) groups is 2. The normalized spacial score (nSPS) is 13.1. The van der Waals surface area contributed by atoms with E-state index in [1.54, 1.807) is 34.6 Å². The third-order valence-corrected chi connectivity index (χ3v) is 2.94.